The number of benzene rings is 1. The Bertz CT molecular complexity index is 832. The van der Waals surface area contributed by atoms with Gasteiger partial charge in [0, 0.05) is 12.0 Å². The molecule has 5 nitrogen and oxygen atoms in total. The van der Waals surface area contributed by atoms with Gasteiger partial charge in [-0.25, -0.2) is 0 Å². The van der Waals surface area contributed by atoms with E-state index in [4.69, 9.17) is 4.74 Å². The number of carbonyl (C=O) groups excluding carboxylic acids is 2. The van der Waals surface area contributed by atoms with Crippen LogP contribution in [0.4, 0.5) is 0 Å². The van der Waals surface area contributed by atoms with Gasteiger partial charge in [0.2, 0.25) is 0 Å². The highest BCUT2D eigenvalue weighted by Gasteiger charge is 2.53. The Morgan fingerprint density at radius 3 is 2.48 bits per heavy atom. The van der Waals surface area contributed by atoms with Crippen LogP contribution < -0.4 is 0 Å². The maximum Gasteiger partial charge on any atom is 0.317 e. The summed E-state index contributed by atoms with van der Waals surface area (Å²) in [7, 11) is 0. The molecule has 0 radical (unpaired) electrons. The van der Waals surface area contributed by atoms with Crippen molar-refractivity contribution in [3.63, 3.8) is 0 Å². The van der Waals surface area contributed by atoms with Crippen LogP contribution >= 0.6 is 0 Å². The van der Waals surface area contributed by atoms with E-state index in [-0.39, 0.29) is 23.0 Å². The van der Waals surface area contributed by atoms with Crippen LogP contribution in [0.15, 0.2) is 41.5 Å². The Hall–Kier alpha value is -2.56. The summed E-state index contributed by atoms with van der Waals surface area (Å²) in [5.74, 6) is -2.79. The van der Waals surface area contributed by atoms with Gasteiger partial charge in [0.25, 0.3) is 0 Å². The minimum absolute atomic E-state index is 0.0239. The van der Waals surface area contributed by atoms with Crippen molar-refractivity contribution in [2.75, 3.05) is 0 Å². The number of hydrogen-bond acceptors (Lipinski definition) is 5. The zero-order valence-electron chi connectivity index (χ0n) is 18.0. The first-order valence-electron chi connectivity index (χ1n) is 10.1. The summed E-state index contributed by atoms with van der Waals surface area (Å²) in [6, 6.07) is 3.75. The molecule has 1 aliphatic rings. The van der Waals surface area contributed by atoms with Gasteiger partial charge in [0.1, 0.15) is 23.0 Å². The molecule has 29 heavy (non-hydrogen) atoms. The Balaban J connectivity index is 2.05. The highest BCUT2D eigenvalue weighted by molar-refractivity contribution is 6.11. The van der Waals surface area contributed by atoms with Crippen molar-refractivity contribution in [1.82, 2.24) is 0 Å². The van der Waals surface area contributed by atoms with Crippen LogP contribution in [-0.4, -0.2) is 27.6 Å². The van der Waals surface area contributed by atoms with Gasteiger partial charge in [0.15, 0.2) is 5.78 Å². The minimum atomic E-state index is -0.960. The smallest absolute Gasteiger partial charge is 0.317 e. The predicted octanol–water partition coefficient (Wildman–Crippen LogP) is 5.32. The van der Waals surface area contributed by atoms with Gasteiger partial charge in [-0.05, 0) is 65.5 Å². The molecule has 1 saturated heterocycles. The maximum atomic E-state index is 12.9. The summed E-state index contributed by atoms with van der Waals surface area (Å²) in [5.41, 5.74) is 1.90. The Labute approximate surface area is 173 Å². The largest absolute Gasteiger partial charge is 0.508 e. The molecular weight excluding hydrogens is 368 g/mol. The van der Waals surface area contributed by atoms with Gasteiger partial charge in [-0.15, -0.1) is 0 Å². The molecule has 0 spiro atoms. The fourth-order valence-corrected chi connectivity index (χ4v) is 3.75. The number of cyclic esters (lactones) is 1. The van der Waals surface area contributed by atoms with Crippen LogP contribution in [0.25, 0.3) is 0 Å². The third-order valence-electron chi connectivity index (χ3n) is 5.80. The van der Waals surface area contributed by atoms with E-state index in [1.807, 2.05) is 13.8 Å². The van der Waals surface area contributed by atoms with Crippen LogP contribution in [0.2, 0.25) is 0 Å². The quantitative estimate of drug-likeness (QED) is 0.267. The van der Waals surface area contributed by atoms with E-state index in [0.29, 0.717) is 6.42 Å². The Kier molecular flexibility index (Phi) is 7.28. The zero-order chi connectivity index (χ0) is 21.8. The van der Waals surface area contributed by atoms with Crippen molar-refractivity contribution in [3.8, 4) is 11.5 Å². The summed E-state index contributed by atoms with van der Waals surface area (Å²) in [4.78, 5) is 25.4. The Morgan fingerprint density at radius 2 is 1.86 bits per heavy atom. The lowest BCUT2D eigenvalue weighted by molar-refractivity contribution is -0.149. The molecule has 0 aromatic heterocycles. The lowest BCUT2D eigenvalue weighted by atomic mass is 9.77. The van der Waals surface area contributed by atoms with Crippen molar-refractivity contribution in [2.45, 2.75) is 65.9 Å². The number of ether oxygens (including phenoxy) is 1. The van der Waals surface area contributed by atoms with E-state index in [2.05, 4.69) is 32.9 Å². The molecule has 2 N–H and O–H groups in total. The van der Waals surface area contributed by atoms with Crippen molar-refractivity contribution in [1.29, 1.82) is 0 Å². The van der Waals surface area contributed by atoms with E-state index in [1.54, 1.807) is 0 Å². The maximum absolute atomic E-state index is 12.9. The molecule has 0 saturated carbocycles. The SMILES string of the molecule is CC(C)=CCC/C(C)=C/CC[C@]1(C)OC(=O)[C@H](C(=O)c2ccc(O)cc2O)[C@H]1C. The molecule has 3 atom stereocenters. The summed E-state index contributed by atoms with van der Waals surface area (Å²) in [6.45, 7) is 9.99. The lowest BCUT2D eigenvalue weighted by Crippen LogP contribution is -2.33. The normalized spacial score (nSPS) is 24.3. The third kappa shape index (κ3) is 5.49. The monoisotopic (exact) mass is 400 g/mol. The molecule has 1 aliphatic heterocycles. The Morgan fingerprint density at radius 1 is 1.17 bits per heavy atom. The van der Waals surface area contributed by atoms with E-state index in [9.17, 15) is 19.8 Å². The number of esters is 1. The van der Waals surface area contributed by atoms with E-state index in [0.717, 1.165) is 25.3 Å². The number of allylic oxidation sites excluding steroid dienone is 4. The lowest BCUT2D eigenvalue weighted by Gasteiger charge is -2.28. The van der Waals surface area contributed by atoms with Crippen LogP contribution in [0.1, 0.15) is 70.7 Å². The van der Waals surface area contributed by atoms with E-state index < -0.39 is 23.3 Å². The second kappa shape index (κ2) is 9.29. The molecule has 0 aliphatic carbocycles. The third-order valence-corrected chi connectivity index (χ3v) is 5.80. The second-order valence-corrected chi connectivity index (χ2v) is 8.48. The molecule has 1 fully saturated rings. The van der Waals surface area contributed by atoms with Crippen LogP contribution in [0.3, 0.4) is 0 Å². The molecular formula is C24H32O5. The summed E-state index contributed by atoms with van der Waals surface area (Å²) < 4.78 is 5.64. The molecule has 158 valence electrons. The van der Waals surface area contributed by atoms with Crippen molar-refractivity contribution in [3.05, 3.63) is 47.1 Å². The van der Waals surface area contributed by atoms with Crippen LogP contribution in [-0.2, 0) is 9.53 Å². The van der Waals surface area contributed by atoms with Gasteiger partial charge in [-0.3, -0.25) is 9.59 Å². The number of aromatic hydroxyl groups is 2. The van der Waals surface area contributed by atoms with E-state index in [1.165, 1.54) is 23.3 Å². The molecule has 5 heteroatoms. The fraction of sp³-hybridized carbons (Fsp3) is 0.500. The molecule has 0 unspecified atom stereocenters. The van der Waals surface area contributed by atoms with Gasteiger partial charge in [0.05, 0.1) is 5.56 Å². The molecule has 1 heterocycles. The molecule has 1 aromatic carbocycles. The molecule has 0 bridgehead atoms. The van der Waals surface area contributed by atoms with Gasteiger partial charge in [-0.2, -0.15) is 0 Å². The second-order valence-electron chi connectivity index (χ2n) is 8.48. The standard InChI is InChI=1S/C24H32O5/c1-15(2)8-6-9-16(3)10-7-13-24(5)17(4)21(23(28)29-24)22(27)19-12-11-18(25)14-20(19)26/h8,10-12,14,17,21,25-26H,6-7,9,13H2,1-5H3/b16-10+/t17-,21+,24+/m1/s1. The van der Waals surface area contributed by atoms with E-state index >= 15 is 0 Å². The molecule has 2 rings (SSSR count). The van der Waals surface area contributed by atoms with Crippen molar-refractivity contribution >= 4 is 11.8 Å². The van der Waals surface area contributed by atoms with Crippen molar-refractivity contribution in [2.24, 2.45) is 11.8 Å². The van der Waals surface area contributed by atoms with Gasteiger partial charge in [-0.1, -0.05) is 30.2 Å². The number of ketones is 1. The molecule has 0 amide bonds. The average molecular weight is 401 g/mol. The first-order chi connectivity index (χ1) is 13.5. The first kappa shape index (κ1) is 22.7. The van der Waals surface area contributed by atoms with Crippen LogP contribution in [0.5, 0.6) is 11.5 Å². The fourth-order valence-electron chi connectivity index (χ4n) is 3.75. The number of rotatable bonds is 8. The molecule has 1 aromatic rings. The summed E-state index contributed by atoms with van der Waals surface area (Å²) >= 11 is 0. The number of phenols is 2. The number of hydrogen-bond donors (Lipinski definition) is 2. The van der Waals surface area contributed by atoms with Crippen LogP contribution in [0, 0.1) is 11.8 Å². The average Bonchev–Trinajstić information content (AvgIpc) is 2.83. The highest BCUT2D eigenvalue weighted by Crippen LogP contribution is 2.42. The summed E-state index contributed by atoms with van der Waals surface area (Å²) in [5, 5.41) is 19.4. The minimum Gasteiger partial charge on any atom is -0.508 e. The summed E-state index contributed by atoms with van der Waals surface area (Å²) in [6.07, 6.45) is 7.80. The zero-order valence-corrected chi connectivity index (χ0v) is 18.0. The first-order valence-corrected chi connectivity index (χ1v) is 10.1. The number of Topliss-reactive ketones (excluding diaryl/α,β-unsaturated/α-hetero) is 1. The van der Waals surface area contributed by atoms with Gasteiger partial charge < -0.3 is 14.9 Å². The number of phenolic OH excluding ortho intramolecular Hbond substituents is 2. The number of carbonyl (C=O) groups is 2. The van der Waals surface area contributed by atoms with Crippen molar-refractivity contribution < 1.29 is 24.5 Å². The topological polar surface area (TPSA) is 83.8 Å². The van der Waals surface area contributed by atoms with Gasteiger partial charge >= 0.3 is 5.97 Å². The predicted molar refractivity (Wildman–Crippen MR) is 113 cm³/mol. The highest BCUT2D eigenvalue weighted by atomic mass is 16.6.